The molecule has 0 saturated heterocycles. The molecule has 0 bridgehead atoms. The van der Waals surface area contributed by atoms with E-state index in [9.17, 15) is 4.79 Å². The fraction of sp³-hybridized carbons (Fsp3) is 0.533. The topological polar surface area (TPSA) is 67.6 Å². The number of rotatable bonds is 6. The highest BCUT2D eigenvalue weighted by Gasteiger charge is 2.20. The van der Waals surface area contributed by atoms with E-state index >= 15 is 0 Å². The van der Waals surface area contributed by atoms with Crippen LogP contribution in [0.3, 0.4) is 0 Å². The molecule has 5 nitrogen and oxygen atoms in total. The first kappa shape index (κ1) is 16.3. The van der Waals surface area contributed by atoms with Gasteiger partial charge in [0.15, 0.2) is 0 Å². The first-order valence-electron chi connectivity index (χ1n) is 6.61. The lowest BCUT2D eigenvalue weighted by molar-refractivity contribution is 0.0930. The van der Waals surface area contributed by atoms with Gasteiger partial charge in [0.1, 0.15) is 5.75 Å². The molecule has 1 amide bonds. The van der Waals surface area contributed by atoms with E-state index < -0.39 is 0 Å². The highest BCUT2D eigenvalue weighted by atomic mass is 16.5. The summed E-state index contributed by atoms with van der Waals surface area (Å²) in [7, 11) is 5.61. The van der Waals surface area contributed by atoms with Crippen molar-refractivity contribution in [2.24, 2.45) is 5.41 Å². The van der Waals surface area contributed by atoms with Crippen LogP contribution in [0, 0.1) is 5.41 Å². The predicted octanol–water partition coefficient (Wildman–Crippen LogP) is 1.59. The molecule has 0 unspecified atom stereocenters. The van der Waals surface area contributed by atoms with E-state index in [-0.39, 0.29) is 11.3 Å². The second-order valence-electron chi connectivity index (χ2n) is 6.04. The molecule has 0 heterocycles. The SMILES string of the molecule is COc1ccc(C(=O)NCC(C)(C)CN(C)C)c(N)c1. The minimum Gasteiger partial charge on any atom is -0.497 e. The number of carbonyl (C=O) groups is 1. The number of methoxy groups -OCH3 is 1. The van der Waals surface area contributed by atoms with Crippen LogP contribution in [0.2, 0.25) is 0 Å². The Morgan fingerprint density at radius 1 is 1.40 bits per heavy atom. The summed E-state index contributed by atoms with van der Waals surface area (Å²) in [5, 5.41) is 2.94. The Bertz CT molecular complexity index is 470. The molecule has 1 aromatic carbocycles. The van der Waals surface area contributed by atoms with Gasteiger partial charge in [0, 0.05) is 24.8 Å². The summed E-state index contributed by atoms with van der Waals surface area (Å²) >= 11 is 0. The second-order valence-corrected chi connectivity index (χ2v) is 6.04. The van der Waals surface area contributed by atoms with Gasteiger partial charge in [-0.1, -0.05) is 13.8 Å². The number of amides is 1. The lowest BCUT2D eigenvalue weighted by atomic mass is 9.93. The molecule has 0 fully saturated rings. The summed E-state index contributed by atoms with van der Waals surface area (Å²) in [6.45, 7) is 5.72. The van der Waals surface area contributed by atoms with E-state index in [0.29, 0.717) is 23.5 Å². The maximum absolute atomic E-state index is 12.2. The first-order valence-corrected chi connectivity index (χ1v) is 6.61. The van der Waals surface area contributed by atoms with Gasteiger partial charge in [0.2, 0.25) is 0 Å². The van der Waals surface area contributed by atoms with Gasteiger partial charge in [-0.05, 0) is 31.6 Å². The molecule has 0 saturated carbocycles. The Labute approximate surface area is 121 Å². The Hall–Kier alpha value is -1.75. The number of hydrogen-bond acceptors (Lipinski definition) is 4. The minimum atomic E-state index is -0.156. The molecule has 1 aromatic rings. The number of nitrogens with two attached hydrogens (primary N) is 1. The van der Waals surface area contributed by atoms with Crippen molar-refractivity contribution < 1.29 is 9.53 Å². The van der Waals surface area contributed by atoms with Crippen molar-refractivity contribution in [2.45, 2.75) is 13.8 Å². The molecule has 3 N–H and O–H groups in total. The zero-order valence-electron chi connectivity index (χ0n) is 13.0. The van der Waals surface area contributed by atoms with Gasteiger partial charge in [-0.3, -0.25) is 4.79 Å². The van der Waals surface area contributed by atoms with Crippen LogP contribution in [0.4, 0.5) is 5.69 Å². The van der Waals surface area contributed by atoms with E-state index in [1.165, 1.54) is 0 Å². The monoisotopic (exact) mass is 279 g/mol. The van der Waals surface area contributed by atoms with Gasteiger partial charge < -0.3 is 20.7 Å². The standard InChI is InChI=1S/C15H25N3O2/c1-15(2,10-18(3)4)9-17-14(19)12-7-6-11(20-5)8-13(12)16/h6-8H,9-10,16H2,1-5H3,(H,17,19). The van der Waals surface area contributed by atoms with Crippen molar-refractivity contribution in [2.75, 3.05) is 40.0 Å². The predicted molar refractivity (Wildman–Crippen MR) is 82.1 cm³/mol. The van der Waals surface area contributed by atoms with Crippen LogP contribution in [0.15, 0.2) is 18.2 Å². The zero-order chi connectivity index (χ0) is 15.3. The van der Waals surface area contributed by atoms with E-state index in [1.54, 1.807) is 25.3 Å². The highest BCUT2D eigenvalue weighted by molar-refractivity contribution is 5.99. The van der Waals surface area contributed by atoms with Crippen LogP contribution in [-0.4, -0.2) is 45.1 Å². The van der Waals surface area contributed by atoms with E-state index in [2.05, 4.69) is 24.1 Å². The number of hydrogen-bond donors (Lipinski definition) is 2. The summed E-state index contributed by atoms with van der Waals surface area (Å²) in [6, 6.07) is 5.07. The maximum Gasteiger partial charge on any atom is 0.253 e. The number of nitrogen functional groups attached to an aromatic ring is 1. The van der Waals surface area contributed by atoms with Gasteiger partial charge in [-0.25, -0.2) is 0 Å². The fourth-order valence-electron chi connectivity index (χ4n) is 2.20. The van der Waals surface area contributed by atoms with E-state index in [1.807, 2.05) is 14.1 Å². The van der Waals surface area contributed by atoms with Crippen molar-refractivity contribution in [1.29, 1.82) is 0 Å². The van der Waals surface area contributed by atoms with Gasteiger partial charge in [-0.2, -0.15) is 0 Å². The third-order valence-electron chi connectivity index (χ3n) is 2.98. The van der Waals surface area contributed by atoms with Crippen LogP contribution < -0.4 is 15.8 Å². The summed E-state index contributed by atoms with van der Waals surface area (Å²) in [4.78, 5) is 14.3. The molecule has 112 valence electrons. The summed E-state index contributed by atoms with van der Waals surface area (Å²) in [5.41, 5.74) is 6.77. The van der Waals surface area contributed by atoms with Crippen LogP contribution >= 0.6 is 0 Å². The Balaban J connectivity index is 2.68. The van der Waals surface area contributed by atoms with Crippen molar-refractivity contribution >= 4 is 11.6 Å². The number of ether oxygens (including phenoxy) is 1. The minimum absolute atomic E-state index is 0.000389. The summed E-state index contributed by atoms with van der Waals surface area (Å²) < 4.78 is 5.07. The molecule has 0 aliphatic rings. The Morgan fingerprint density at radius 3 is 2.55 bits per heavy atom. The lowest BCUT2D eigenvalue weighted by Gasteiger charge is -2.28. The molecule has 0 aliphatic heterocycles. The van der Waals surface area contributed by atoms with Crippen LogP contribution in [-0.2, 0) is 0 Å². The van der Waals surface area contributed by atoms with Crippen molar-refractivity contribution in [1.82, 2.24) is 10.2 Å². The normalized spacial score (nSPS) is 11.5. The number of benzene rings is 1. The largest absolute Gasteiger partial charge is 0.497 e. The third-order valence-corrected chi connectivity index (χ3v) is 2.98. The molecule has 5 heteroatoms. The number of nitrogens with zero attached hydrogens (tertiary/aromatic N) is 1. The number of carbonyl (C=O) groups excluding carboxylic acids is 1. The summed E-state index contributed by atoms with van der Waals surface area (Å²) in [5.74, 6) is 0.490. The maximum atomic E-state index is 12.2. The van der Waals surface area contributed by atoms with Crippen LogP contribution in [0.5, 0.6) is 5.75 Å². The highest BCUT2D eigenvalue weighted by Crippen LogP contribution is 2.20. The molecular formula is C15H25N3O2. The van der Waals surface area contributed by atoms with Crippen molar-refractivity contribution in [3.8, 4) is 5.75 Å². The van der Waals surface area contributed by atoms with Gasteiger partial charge in [0.05, 0.1) is 12.7 Å². The Kier molecular flexibility index (Phi) is 5.39. The molecule has 0 atom stereocenters. The van der Waals surface area contributed by atoms with Gasteiger partial charge in [-0.15, -0.1) is 0 Å². The first-order chi connectivity index (χ1) is 9.25. The molecule has 20 heavy (non-hydrogen) atoms. The molecule has 0 aliphatic carbocycles. The van der Waals surface area contributed by atoms with Crippen molar-refractivity contribution in [3.05, 3.63) is 23.8 Å². The molecule has 0 aromatic heterocycles. The quantitative estimate of drug-likeness (QED) is 0.776. The van der Waals surface area contributed by atoms with Gasteiger partial charge >= 0.3 is 0 Å². The number of anilines is 1. The second kappa shape index (κ2) is 6.61. The zero-order valence-corrected chi connectivity index (χ0v) is 13.0. The third kappa shape index (κ3) is 4.74. The Morgan fingerprint density at radius 2 is 2.05 bits per heavy atom. The van der Waals surface area contributed by atoms with E-state index in [4.69, 9.17) is 10.5 Å². The lowest BCUT2D eigenvalue weighted by Crippen LogP contribution is -2.40. The fourth-order valence-corrected chi connectivity index (χ4v) is 2.20. The van der Waals surface area contributed by atoms with Crippen LogP contribution in [0.1, 0.15) is 24.2 Å². The smallest absolute Gasteiger partial charge is 0.253 e. The van der Waals surface area contributed by atoms with Crippen molar-refractivity contribution in [3.63, 3.8) is 0 Å². The average molecular weight is 279 g/mol. The molecule has 0 radical (unpaired) electrons. The molecule has 1 rings (SSSR count). The molecular weight excluding hydrogens is 254 g/mol. The molecule has 0 spiro atoms. The van der Waals surface area contributed by atoms with Gasteiger partial charge in [0.25, 0.3) is 5.91 Å². The van der Waals surface area contributed by atoms with Crippen LogP contribution in [0.25, 0.3) is 0 Å². The average Bonchev–Trinajstić information content (AvgIpc) is 2.34. The van der Waals surface area contributed by atoms with E-state index in [0.717, 1.165) is 6.54 Å². The number of nitrogens with one attached hydrogen (secondary N) is 1. The summed E-state index contributed by atoms with van der Waals surface area (Å²) in [6.07, 6.45) is 0.